The number of halogens is 3. The predicted octanol–water partition coefficient (Wildman–Crippen LogP) is 8.61. The van der Waals surface area contributed by atoms with Crippen LogP contribution in [0.4, 0.5) is 24.5 Å². The summed E-state index contributed by atoms with van der Waals surface area (Å²) in [6.07, 6.45) is 4.02. The van der Waals surface area contributed by atoms with Crippen LogP contribution in [-0.4, -0.2) is 128 Å². The SMILES string of the molecule is CC(CC(=O)N1CCC(O)(Cn2cnc3c(-c4ccc(CNC=O)cc4)n(C)nc3c2=O)CC1)c1ccccc1.CCCCCC(=O)N1CCC(Nc2cccc3c2cc(C#CCNc2ccc(C(=O)NC)cc2OC)n3CC(F)(F)F)CC1. The zero-order valence-electron chi connectivity index (χ0n) is 48.2. The summed E-state index contributed by atoms with van der Waals surface area (Å²) in [5, 5.41) is 28.3. The molecule has 4 amide bonds. The zero-order chi connectivity index (χ0) is 60.0. The molecule has 0 radical (unpaired) electrons. The normalized spacial score (nSPS) is 14.6. The fraction of sp³-hybridized carbons (Fsp3) is 0.413. The highest BCUT2D eigenvalue weighted by atomic mass is 19.4. The van der Waals surface area contributed by atoms with Gasteiger partial charge in [0, 0.05) is 87.9 Å². The van der Waals surface area contributed by atoms with Crippen molar-refractivity contribution in [3.63, 3.8) is 0 Å². The molecule has 5 N–H and O–H groups in total. The maximum atomic E-state index is 13.6. The van der Waals surface area contributed by atoms with Crippen molar-refractivity contribution >= 4 is 57.4 Å². The number of aliphatic hydroxyl groups is 1. The van der Waals surface area contributed by atoms with E-state index in [1.807, 2.05) is 70.5 Å². The van der Waals surface area contributed by atoms with Crippen LogP contribution in [0.5, 0.6) is 5.75 Å². The molecule has 21 heteroatoms. The summed E-state index contributed by atoms with van der Waals surface area (Å²) < 4.78 is 50.5. The van der Waals surface area contributed by atoms with E-state index in [-0.39, 0.29) is 59.5 Å². The molecule has 0 spiro atoms. The molecule has 0 saturated carbocycles. The van der Waals surface area contributed by atoms with E-state index in [1.165, 1.54) is 29.6 Å². The standard InChI is InChI=1S/C33H40F3N5O3.C30H34N6O4/c1-4-5-6-12-31(42)40-18-15-24(16-19-40)39-27-10-7-11-29-26(27)21-25(41(29)22-33(34,35)36)9-8-17-38-28-14-13-23(32(43)37-2)20-30(28)44-3;1-21(23-6-4-3-5-7-23)16-25(38)35-14-12-30(40,13-15-35)18-36-19-32-26-27(29(36)39)33-34(2)28(26)24-10-8-22(9-11-24)17-31-20-37/h7,10-11,13-14,20-21,24,38-39H,4-6,12,15-19,22H2,1-3H3,(H,37,43);3-11,19-21,40H,12-18H2,1-2H3,(H,31,37). The first-order chi connectivity index (χ1) is 40.4. The number of unbranched alkanes of at least 4 members (excludes halogenated alkanes) is 2. The Balaban J connectivity index is 0.000000220. The topological polar surface area (TPSA) is 210 Å². The number of rotatable bonds is 20. The van der Waals surface area contributed by atoms with E-state index in [1.54, 1.807) is 48.1 Å². The number of likely N-dealkylation sites (tertiary alicyclic amines) is 2. The summed E-state index contributed by atoms with van der Waals surface area (Å²) in [5.74, 6) is 6.43. The number of piperidine rings is 2. The van der Waals surface area contributed by atoms with Crippen LogP contribution >= 0.6 is 0 Å². The molecule has 3 aromatic heterocycles. The number of hydrogen-bond acceptors (Lipinski definition) is 11. The van der Waals surface area contributed by atoms with E-state index in [0.717, 1.165) is 54.5 Å². The number of anilines is 2. The first-order valence-electron chi connectivity index (χ1n) is 28.5. The maximum absolute atomic E-state index is 13.6. The number of methoxy groups -OCH3 is 1. The minimum Gasteiger partial charge on any atom is -0.495 e. The fourth-order valence-electron chi connectivity index (χ4n) is 10.8. The van der Waals surface area contributed by atoms with Gasteiger partial charge in [0.1, 0.15) is 17.8 Å². The van der Waals surface area contributed by atoms with E-state index < -0.39 is 18.3 Å². The molecular formula is C63H74F3N11O7. The Kier molecular flexibility index (Phi) is 20.5. The lowest BCUT2D eigenvalue weighted by molar-refractivity contribution is -0.140. The fourth-order valence-corrected chi connectivity index (χ4v) is 10.8. The van der Waals surface area contributed by atoms with Gasteiger partial charge in [-0.05, 0) is 91.5 Å². The summed E-state index contributed by atoms with van der Waals surface area (Å²) in [4.78, 5) is 69.6. The van der Waals surface area contributed by atoms with Gasteiger partial charge in [0.25, 0.3) is 11.5 Å². The molecule has 84 heavy (non-hydrogen) atoms. The van der Waals surface area contributed by atoms with E-state index in [2.05, 4.69) is 57.0 Å². The molecule has 5 heterocycles. The van der Waals surface area contributed by atoms with Crippen LogP contribution in [0.3, 0.4) is 0 Å². The number of amides is 4. The predicted molar refractivity (Wildman–Crippen MR) is 318 cm³/mol. The molecule has 9 rings (SSSR count). The van der Waals surface area contributed by atoms with Gasteiger partial charge < -0.3 is 45.5 Å². The van der Waals surface area contributed by atoms with Crippen LogP contribution in [0.15, 0.2) is 108 Å². The van der Waals surface area contributed by atoms with Crippen LogP contribution in [0, 0.1) is 11.8 Å². The molecular weight excluding hydrogens is 1080 g/mol. The number of nitrogens with zero attached hydrogens (tertiary/aromatic N) is 7. The Hall–Kier alpha value is -8.64. The molecule has 444 valence electrons. The Bertz CT molecular complexity index is 3540. The highest BCUT2D eigenvalue weighted by molar-refractivity contribution is 5.95. The van der Waals surface area contributed by atoms with Crippen LogP contribution in [0.2, 0.25) is 0 Å². The minimum atomic E-state index is -4.43. The first kappa shape index (κ1) is 61.4. The minimum absolute atomic E-state index is 0.0766. The average Bonchev–Trinajstić information content (AvgIpc) is 2.16. The van der Waals surface area contributed by atoms with E-state index in [9.17, 15) is 42.3 Å². The van der Waals surface area contributed by atoms with Gasteiger partial charge >= 0.3 is 6.18 Å². The molecule has 2 aliphatic heterocycles. The summed E-state index contributed by atoms with van der Waals surface area (Å²) in [5.41, 5.74) is 5.41. The second-order valence-corrected chi connectivity index (χ2v) is 21.5. The molecule has 0 aliphatic carbocycles. The lowest BCUT2D eigenvalue weighted by atomic mass is 9.90. The summed E-state index contributed by atoms with van der Waals surface area (Å²) in [6, 6.07) is 29.6. The van der Waals surface area contributed by atoms with Gasteiger partial charge in [-0.25, -0.2) is 4.98 Å². The number of nitrogens with one attached hydrogen (secondary N) is 4. The Morgan fingerprint density at radius 1 is 0.905 bits per heavy atom. The van der Waals surface area contributed by atoms with Crippen molar-refractivity contribution in [2.45, 2.75) is 115 Å². The molecule has 7 aromatic rings. The van der Waals surface area contributed by atoms with Crippen LogP contribution in [0.25, 0.3) is 33.2 Å². The lowest BCUT2D eigenvalue weighted by Gasteiger charge is -2.38. The average molecular weight is 1150 g/mol. The summed E-state index contributed by atoms with van der Waals surface area (Å²) >= 11 is 0. The second kappa shape index (κ2) is 28.1. The first-order valence-corrected chi connectivity index (χ1v) is 28.5. The molecule has 2 saturated heterocycles. The van der Waals surface area contributed by atoms with Gasteiger partial charge in [-0.2, -0.15) is 18.3 Å². The third-order valence-electron chi connectivity index (χ3n) is 15.5. The Labute approximate surface area is 486 Å². The smallest absolute Gasteiger partial charge is 0.406 e. The van der Waals surface area contributed by atoms with Crippen LogP contribution in [0.1, 0.15) is 105 Å². The second-order valence-electron chi connectivity index (χ2n) is 21.5. The lowest BCUT2D eigenvalue weighted by Crippen LogP contribution is -2.49. The summed E-state index contributed by atoms with van der Waals surface area (Å²) in [6.45, 7) is 5.86. The van der Waals surface area contributed by atoms with Crippen molar-refractivity contribution < 1.29 is 42.2 Å². The quantitative estimate of drug-likeness (QED) is 0.0277. The number of carbonyl (C=O) groups excluding carboxylic acids is 4. The van der Waals surface area contributed by atoms with E-state index in [4.69, 9.17) is 4.74 Å². The third kappa shape index (κ3) is 15.5. The largest absolute Gasteiger partial charge is 0.495 e. The molecule has 0 bridgehead atoms. The van der Waals surface area contributed by atoms with Crippen molar-refractivity contribution in [2.75, 3.05) is 57.5 Å². The molecule has 2 aliphatic rings. The number of aryl methyl sites for hydroxylation is 1. The third-order valence-corrected chi connectivity index (χ3v) is 15.5. The number of hydrogen-bond donors (Lipinski definition) is 5. The maximum Gasteiger partial charge on any atom is 0.406 e. The molecule has 18 nitrogen and oxygen atoms in total. The summed E-state index contributed by atoms with van der Waals surface area (Å²) in [7, 11) is 4.79. The highest BCUT2D eigenvalue weighted by Gasteiger charge is 2.36. The van der Waals surface area contributed by atoms with Gasteiger partial charge in [0.2, 0.25) is 18.2 Å². The van der Waals surface area contributed by atoms with Crippen molar-refractivity contribution in [2.24, 2.45) is 7.05 Å². The number of carbonyl (C=O) groups is 4. The van der Waals surface area contributed by atoms with Crippen molar-refractivity contribution in [1.29, 1.82) is 0 Å². The van der Waals surface area contributed by atoms with Crippen LogP contribution in [-0.2, 0) is 41.1 Å². The zero-order valence-corrected chi connectivity index (χ0v) is 48.2. The van der Waals surface area contributed by atoms with Gasteiger partial charge in [-0.3, -0.25) is 33.2 Å². The van der Waals surface area contributed by atoms with E-state index >= 15 is 0 Å². The van der Waals surface area contributed by atoms with E-state index in [0.29, 0.717) is 104 Å². The number of alkyl halides is 3. The molecule has 4 aromatic carbocycles. The number of benzene rings is 4. The molecule has 1 atom stereocenters. The van der Waals surface area contributed by atoms with Crippen molar-refractivity contribution in [3.8, 4) is 28.8 Å². The van der Waals surface area contributed by atoms with Gasteiger partial charge in [0.15, 0.2) is 5.52 Å². The van der Waals surface area contributed by atoms with Gasteiger partial charge in [-0.15, -0.1) is 0 Å². The highest BCUT2D eigenvalue weighted by Crippen LogP contribution is 2.33. The van der Waals surface area contributed by atoms with Crippen LogP contribution < -0.4 is 31.6 Å². The van der Waals surface area contributed by atoms with Gasteiger partial charge in [-0.1, -0.05) is 93.3 Å². The number of fused-ring (bicyclic) bond motifs is 2. The molecule has 2 fully saturated rings. The Morgan fingerprint density at radius 3 is 2.31 bits per heavy atom. The van der Waals surface area contributed by atoms with Gasteiger partial charge in [0.05, 0.1) is 54.7 Å². The Morgan fingerprint density at radius 2 is 1.63 bits per heavy atom. The van der Waals surface area contributed by atoms with Crippen molar-refractivity contribution in [1.82, 2.24) is 44.3 Å². The van der Waals surface area contributed by atoms with Crippen molar-refractivity contribution in [3.05, 3.63) is 136 Å². The molecule has 1 unspecified atom stereocenters. The monoisotopic (exact) mass is 1150 g/mol. The number of ether oxygens (including phenoxy) is 1. The number of aromatic nitrogens is 5.